The molecule has 0 saturated carbocycles. The lowest BCUT2D eigenvalue weighted by molar-refractivity contribution is 0.549. The van der Waals surface area contributed by atoms with Gasteiger partial charge in [0.2, 0.25) is 0 Å². The Morgan fingerprint density at radius 2 is 2.10 bits per heavy atom. The van der Waals surface area contributed by atoms with Crippen molar-refractivity contribution in [3.05, 3.63) is 36.1 Å². The summed E-state index contributed by atoms with van der Waals surface area (Å²) in [7, 11) is 0. The fraction of sp³-hybridized carbons (Fsp3) is 0.471. The van der Waals surface area contributed by atoms with Gasteiger partial charge in [-0.1, -0.05) is 25.1 Å². The quantitative estimate of drug-likeness (QED) is 0.633. The SMILES string of the molecule is CCNC(=NCCc1cc2ccccc2o1)NC(C)CC. The lowest BCUT2D eigenvalue weighted by Crippen LogP contribution is -2.42. The van der Waals surface area contributed by atoms with Gasteiger partial charge < -0.3 is 15.1 Å². The maximum atomic E-state index is 5.80. The topological polar surface area (TPSA) is 49.6 Å². The van der Waals surface area contributed by atoms with Crippen molar-refractivity contribution in [3.63, 3.8) is 0 Å². The van der Waals surface area contributed by atoms with Crippen LogP contribution in [0.3, 0.4) is 0 Å². The molecule has 1 aromatic heterocycles. The highest BCUT2D eigenvalue weighted by Crippen LogP contribution is 2.18. The van der Waals surface area contributed by atoms with E-state index < -0.39 is 0 Å². The van der Waals surface area contributed by atoms with E-state index in [1.165, 1.54) is 0 Å². The number of benzene rings is 1. The third-order valence-corrected chi connectivity index (χ3v) is 3.44. The van der Waals surface area contributed by atoms with Crippen LogP contribution in [0, 0.1) is 0 Å². The number of aliphatic imine (C=N–C) groups is 1. The van der Waals surface area contributed by atoms with Gasteiger partial charge in [-0.25, -0.2) is 0 Å². The van der Waals surface area contributed by atoms with Crippen LogP contribution in [0.5, 0.6) is 0 Å². The highest BCUT2D eigenvalue weighted by atomic mass is 16.3. The zero-order valence-corrected chi connectivity index (χ0v) is 13.1. The summed E-state index contributed by atoms with van der Waals surface area (Å²) in [5, 5.41) is 7.81. The van der Waals surface area contributed by atoms with E-state index in [9.17, 15) is 0 Å². The number of nitrogens with zero attached hydrogens (tertiary/aromatic N) is 1. The number of para-hydroxylation sites is 1. The first-order valence-electron chi connectivity index (χ1n) is 7.75. The van der Waals surface area contributed by atoms with E-state index in [2.05, 4.69) is 48.5 Å². The summed E-state index contributed by atoms with van der Waals surface area (Å²) in [6, 6.07) is 10.6. The summed E-state index contributed by atoms with van der Waals surface area (Å²) in [4.78, 5) is 4.60. The van der Waals surface area contributed by atoms with Gasteiger partial charge >= 0.3 is 0 Å². The predicted octanol–water partition coefficient (Wildman–Crippen LogP) is 3.33. The molecule has 1 aromatic carbocycles. The number of guanidine groups is 1. The standard InChI is InChI=1S/C17H25N3O/c1-4-13(3)20-17(18-5-2)19-11-10-15-12-14-8-6-7-9-16(14)21-15/h6-9,12-13H,4-5,10-11H2,1-3H3,(H2,18,19,20). The largest absolute Gasteiger partial charge is 0.461 e. The van der Waals surface area contributed by atoms with Crippen LogP contribution in [0.25, 0.3) is 11.0 Å². The van der Waals surface area contributed by atoms with Gasteiger partial charge in [-0.2, -0.15) is 0 Å². The van der Waals surface area contributed by atoms with Crippen molar-refractivity contribution in [3.8, 4) is 0 Å². The van der Waals surface area contributed by atoms with Crippen molar-refractivity contribution < 1.29 is 4.42 Å². The van der Waals surface area contributed by atoms with Gasteiger partial charge in [0.15, 0.2) is 5.96 Å². The average Bonchev–Trinajstić information content (AvgIpc) is 2.89. The molecule has 1 unspecified atom stereocenters. The van der Waals surface area contributed by atoms with Crippen molar-refractivity contribution in [2.24, 2.45) is 4.99 Å². The third kappa shape index (κ3) is 4.52. The lowest BCUT2D eigenvalue weighted by Gasteiger charge is -2.15. The molecule has 0 aliphatic heterocycles. The molecule has 1 heterocycles. The van der Waals surface area contributed by atoms with Crippen LogP contribution in [-0.4, -0.2) is 25.1 Å². The van der Waals surface area contributed by atoms with Gasteiger partial charge in [0.1, 0.15) is 11.3 Å². The van der Waals surface area contributed by atoms with E-state index in [-0.39, 0.29) is 0 Å². The van der Waals surface area contributed by atoms with Gasteiger partial charge in [-0.05, 0) is 32.4 Å². The van der Waals surface area contributed by atoms with Gasteiger partial charge in [-0.15, -0.1) is 0 Å². The lowest BCUT2D eigenvalue weighted by atomic mass is 10.2. The fourth-order valence-electron chi connectivity index (χ4n) is 2.09. The molecule has 4 nitrogen and oxygen atoms in total. The summed E-state index contributed by atoms with van der Waals surface area (Å²) in [6.07, 6.45) is 1.89. The van der Waals surface area contributed by atoms with Crippen molar-refractivity contribution >= 4 is 16.9 Å². The fourth-order valence-corrected chi connectivity index (χ4v) is 2.09. The van der Waals surface area contributed by atoms with Crippen LogP contribution in [0.1, 0.15) is 33.0 Å². The molecular weight excluding hydrogens is 262 g/mol. The van der Waals surface area contributed by atoms with E-state index in [0.29, 0.717) is 12.6 Å². The third-order valence-electron chi connectivity index (χ3n) is 3.44. The van der Waals surface area contributed by atoms with E-state index >= 15 is 0 Å². The molecule has 0 bridgehead atoms. The highest BCUT2D eigenvalue weighted by molar-refractivity contribution is 5.80. The summed E-state index contributed by atoms with van der Waals surface area (Å²) in [6.45, 7) is 7.98. The Bertz CT molecular complexity index is 555. The summed E-state index contributed by atoms with van der Waals surface area (Å²) in [5.74, 6) is 1.86. The van der Waals surface area contributed by atoms with E-state index in [4.69, 9.17) is 4.42 Å². The molecule has 0 aliphatic rings. The zero-order chi connectivity index (χ0) is 15.1. The Kier molecular flexibility index (Phi) is 5.67. The van der Waals surface area contributed by atoms with Crippen LogP contribution in [0.2, 0.25) is 0 Å². The van der Waals surface area contributed by atoms with Gasteiger partial charge in [-0.3, -0.25) is 4.99 Å². The number of hydrogen-bond donors (Lipinski definition) is 2. The minimum absolute atomic E-state index is 0.425. The zero-order valence-electron chi connectivity index (χ0n) is 13.1. The normalized spacial score (nSPS) is 13.4. The number of nitrogens with one attached hydrogen (secondary N) is 2. The molecule has 2 N–H and O–H groups in total. The van der Waals surface area contributed by atoms with Crippen LogP contribution in [0.4, 0.5) is 0 Å². The Hall–Kier alpha value is -1.97. The Balaban J connectivity index is 1.94. The Morgan fingerprint density at radius 1 is 1.29 bits per heavy atom. The van der Waals surface area contributed by atoms with Crippen LogP contribution in [-0.2, 0) is 6.42 Å². The number of fused-ring (bicyclic) bond motifs is 1. The monoisotopic (exact) mass is 287 g/mol. The van der Waals surface area contributed by atoms with Crippen LogP contribution < -0.4 is 10.6 Å². The molecule has 0 saturated heterocycles. The molecule has 2 aromatic rings. The maximum Gasteiger partial charge on any atom is 0.191 e. The van der Waals surface area contributed by atoms with Gasteiger partial charge in [0.05, 0.1) is 0 Å². The molecule has 1 atom stereocenters. The van der Waals surface area contributed by atoms with Crippen molar-refractivity contribution in [2.75, 3.05) is 13.1 Å². The molecule has 21 heavy (non-hydrogen) atoms. The highest BCUT2D eigenvalue weighted by Gasteiger charge is 2.04. The van der Waals surface area contributed by atoms with Crippen molar-refractivity contribution in [2.45, 2.75) is 39.7 Å². The molecule has 114 valence electrons. The van der Waals surface area contributed by atoms with Crippen molar-refractivity contribution in [1.82, 2.24) is 10.6 Å². The second-order valence-electron chi connectivity index (χ2n) is 5.21. The average molecular weight is 287 g/mol. The van der Waals surface area contributed by atoms with Gasteiger partial charge in [0, 0.05) is 30.9 Å². The Morgan fingerprint density at radius 3 is 2.81 bits per heavy atom. The summed E-state index contributed by atoms with van der Waals surface area (Å²) < 4.78 is 5.80. The van der Waals surface area contributed by atoms with E-state index in [0.717, 1.165) is 42.1 Å². The van der Waals surface area contributed by atoms with E-state index in [1.807, 2.05) is 18.2 Å². The Labute approximate surface area is 126 Å². The smallest absolute Gasteiger partial charge is 0.191 e. The second-order valence-corrected chi connectivity index (χ2v) is 5.21. The molecule has 4 heteroatoms. The molecule has 0 radical (unpaired) electrons. The maximum absolute atomic E-state index is 5.80. The number of furan rings is 1. The first kappa shape index (κ1) is 15.4. The minimum Gasteiger partial charge on any atom is -0.461 e. The summed E-state index contributed by atoms with van der Waals surface area (Å²) in [5.41, 5.74) is 0.945. The van der Waals surface area contributed by atoms with Crippen LogP contribution >= 0.6 is 0 Å². The van der Waals surface area contributed by atoms with E-state index in [1.54, 1.807) is 0 Å². The first-order valence-corrected chi connectivity index (χ1v) is 7.75. The second kappa shape index (κ2) is 7.72. The molecule has 0 amide bonds. The molecule has 0 fully saturated rings. The summed E-state index contributed by atoms with van der Waals surface area (Å²) >= 11 is 0. The predicted molar refractivity (Wildman–Crippen MR) is 88.8 cm³/mol. The first-order chi connectivity index (χ1) is 10.2. The van der Waals surface area contributed by atoms with Gasteiger partial charge in [0.25, 0.3) is 0 Å². The molecular formula is C17H25N3O. The number of hydrogen-bond acceptors (Lipinski definition) is 2. The van der Waals surface area contributed by atoms with Crippen molar-refractivity contribution in [1.29, 1.82) is 0 Å². The molecule has 0 aliphatic carbocycles. The number of rotatable bonds is 6. The molecule has 0 spiro atoms. The molecule has 2 rings (SSSR count). The van der Waals surface area contributed by atoms with Crippen LogP contribution in [0.15, 0.2) is 39.7 Å². The minimum atomic E-state index is 0.425.